The first-order valence-corrected chi connectivity index (χ1v) is 4.33. The summed E-state index contributed by atoms with van der Waals surface area (Å²) in [5.74, 6) is -0.581. The highest BCUT2D eigenvalue weighted by molar-refractivity contribution is 5.82. The second-order valence-corrected chi connectivity index (χ2v) is 3.64. The molecule has 1 N–H and O–H groups in total. The monoisotopic (exact) mass is 166 g/mol. The molecular weight excluding hydrogens is 152 g/mol. The van der Waals surface area contributed by atoms with Gasteiger partial charge in [0.05, 0.1) is 6.07 Å². The van der Waals surface area contributed by atoms with Gasteiger partial charge in [-0.3, -0.25) is 4.79 Å². The van der Waals surface area contributed by atoms with Crippen LogP contribution in [-0.2, 0) is 4.79 Å². The fourth-order valence-corrected chi connectivity index (χ4v) is 1.03. The lowest BCUT2D eigenvalue weighted by atomic mass is 10.1. The standard InChI is InChI=1S/C9H14N2O/c1-3-7(6-10)8(12)11-9(2)4-5-9/h7H,3-5H2,1-2H3,(H,11,12). The summed E-state index contributed by atoms with van der Waals surface area (Å²) in [6.07, 6.45) is 2.68. The Labute approximate surface area is 72.8 Å². The van der Waals surface area contributed by atoms with E-state index in [0.717, 1.165) is 12.8 Å². The predicted octanol–water partition coefficient (Wildman–Crippen LogP) is 1.20. The summed E-state index contributed by atoms with van der Waals surface area (Å²) in [5, 5.41) is 11.5. The van der Waals surface area contributed by atoms with E-state index in [0.29, 0.717) is 6.42 Å². The number of carbonyl (C=O) groups is 1. The van der Waals surface area contributed by atoms with Crippen LogP contribution in [0.4, 0.5) is 0 Å². The zero-order chi connectivity index (χ0) is 9.19. The lowest BCUT2D eigenvalue weighted by molar-refractivity contribution is -0.124. The minimum absolute atomic E-state index is 0.00134. The maximum absolute atomic E-state index is 11.3. The molecular formula is C9H14N2O. The molecule has 3 heteroatoms. The fraction of sp³-hybridized carbons (Fsp3) is 0.778. The van der Waals surface area contributed by atoms with Gasteiger partial charge < -0.3 is 5.32 Å². The molecule has 3 nitrogen and oxygen atoms in total. The maximum Gasteiger partial charge on any atom is 0.237 e. The van der Waals surface area contributed by atoms with E-state index in [1.165, 1.54) is 0 Å². The van der Waals surface area contributed by atoms with E-state index < -0.39 is 5.92 Å². The summed E-state index contributed by atoms with van der Waals surface area (Å²) >= 11 is 0. The van der Waals surface area contributed by atoms with E-state index in [9.17, 15) is 4.79 Å². The molecule has 0 heterocycles. The molecule has 0 bridgehead atoms. The molecule has 0 aliphatic heterocycles. The van der Waals surface area contributed by atoms with E-state index >= 15 is 0 Å². The van der Waals surface area contributed by atoms with Crippen LogP contribution in [0.1, 0.15) is 33.1 Å². The number of nitriles is 1. The molecule has 1 aliphatic carbocycles. The fourth-order valence-electron chi connectivity index (χ4n) is 1.03. The van der Waals surface area contributed by atoms with Crippen LogP contribution in [-0.4, -0.2) is 11.4 Å². The first kappa shape index (κ1) is 9.05. The zero-order valence-corrected chi connectivity index (χ0v) is 7.55. The highest BCUT2D eigenvalue weighted by Crippen LogP contribution is 2.34. The quantitative estimate of drug-likeness (QED) is 0.685. The molecule has 1 fully saturated rings. The summed E-state index contributed by atoms with van der Waals surface area (Å²) < 4.78 is 0. The van der Waals surface area contributed by atoms with Crippen LogP contribution in [0.5, 0.6) is 0 Å². The van der Waals surface area contributed by atoms with Crippen molar-refractivity contribution in [1.29, 1.82) is 5.26 Å². The van der Waals surface area contributed by atoms with Crippen LogP contribution in [0.15, 0.2) is 0 Å². The topological polar surface area (TPSA) is 52.9 Å². The summed E-state index contributed by atoms with van der Waals surface area (Å²) in [6.45, 7) is 3.86. The first-order chi connectivity index (χ1) is 5.61. The molecule has 0 spiro atoms. The normalized spacial score (nSPS) is 20.8. The molecule has 1 amide bonds. The van der Waals surface area contributed by atoms with Crippen molar-refractivity contribution in [2.45, 2.75) is 38.6 Å². The summed E-state index contributed by atoms with van der Waals surface area (Å²) in [5.41, 5.74) is 0.00134. The van der Waals surface area contributed by atoms with Crippen molar-refractivity contribution in [1.82, 2.24) is 5.32 Å². The Kier molecular flexibility index (Phi) is 2.37. The van der Waals surface area contributed by atoms with Crippen molar-refractivity contribution in [3.05, 3.63) is 0 Å². The van der Waals surface area contributed by atoms with E-state index in [2.05, 4.69) is 5.32 Å². The van der Waals surface area contributed by atoms with Crippen molar-refractivity contribution in [3.63, 3.8) is 0 Å². The van der Waals surface area contributed by atoms with Crippen molar-refractivity contribution < 1.29 is 4.79 Å². The largest absolute Gasteiger partial charge is 0.350 e. The third-order valence-corrected chi connectivity index (χ3v) is 2.31. The Morgan fingerprint density at radius 3 is 2.67 bits per heavy atom. The molecule has 0 radical (unpaired) electrons. The lowest BCUT2D eigenvalue weighted by Crippen LogP contribution is -2.38. The number of hydrogen-bond donors (Lipinski definition) is 1. The molecule has 1 aliphatic rings. The Bertz CT molecular complexity index is 225. The van der Waals surface area contributed by atoms with Gasteiger partial charge >= 0.3 is 0 Å². The second-order valence-electron chi connectivity index (χ2n) is 3.64. The van der Waals surface area contributed by atoms with Gasteiger partial charge in [0, 0.05) is 5.54 Å². The molecule has 0 saturated heterocycles. The number of amides is 1. The van der Waals surface area contributed by atoms with Crippen LogP contribution < -0.4 is 5.32 Å². The Morgan fingerprint density at radius 1 is 1.75 bits per heavy atom. The molecule has 66 valence electrons. The van der Waals surface area contributed by atoms with Gasteiger partial charge in [-0.05, 0) is 26.2 Å². The van der Waals surface area contributed by atoms with E-state index in [-0.39, 0.29) is 11.4 Å². The minimum Gasteiger partial charge on any atom is -0.350 e. The van der Waals surface area contributed by atoms with Crippen LogP contribution in [0.25, 0.3) is 0 Å². The predicted molar refractivity (Wildman–Crippen MR) is 45.2 cm³/mol. The van der Waals surface area contributed by atoms with E-state index in [1.54, 1.807) is 0 Å². The van der Waals surface area contributed by atoms with Crippen LogP contribution >= 0.6 is 0 Å². The van der Waals surface area contributed by atoms with Gasteiger partial charge in [-0.25, -0.2) is 0 Å². The van der Waals surface area contributed by atoms with Crippen LogP contribution in [0.2, 0.25) is 0 Å². The van der Waals surface area contributed by atoms with Gasteiger partial charge in [0.1, 0.15) is 5.92 Å². The third-order valence-electron chi connectivity index (χ3n) is 2.31. The highest BCUT2D eigenvalue weighted by Gasteiger charge is 2.39. The van der Waals surface area contributed by atoms with Gasteiger partial charge in [-0.2, -0.15) is 5.26 Å². The zero-order valence-electron chi connectivity index (χ0n) is 7.55. The van der Waals surface area contributed by atoms with Crippen molar-refractivity contribution >= 4 is 5.91 Å². The molecule has 0 aromatic carbocycles. The molecule has 0 aromatic rings. The minimum atomic E-state index is -0.470. The molecule has 1 saturated carbocycles. The van der Waals surface area contributed by atoms with Gasteiger partial charge in [0.25, 0.3) is 0 Å². The maximum atomic E-state index is 11.3. The average molecular weight is 166 g/mol. The van der Waals surface area contributed by atoms with Gasteiger partial charge in [-0.1, -0.05) is 6.92 Å². The van der Waals surface area contributed by atoms with Gasteiger partial charge in [0.15, 0.2) is 0 Å². The number of rotatable bonds is 3. The number of hydrogen-bond acceptors (Lipinski definition) is 2. The summed E-state index contributed by atoms with van der Waals surface area (Å²) in [7, 11) is 0. The number of nitrogens with one attached hydrogen (secondary N) is 1. The molecule has 1 unspecified atom stereocenters. The third kappa shape index (κ3) is 1.97. The lowest BCUT2D eigenvalue weighted by Gasteiger charge is -2.13. The highest BCUT2D eigenvalue weighted by atomic mass is 16.2. The Morgan fingerprint density at radius 2 is 2.33 bits per heavy atom. The SMILES string of the molecule is CCC(C#N)C(=O)NC1(C)CC1. The van der Waals surface area contributed by atoms with Gasteiger partial charge in [-0.15, -0.1) is 0 Å². The summed E-state index contributed by atoms with van der Waals surface area (Å²) in [6, 6.07) is 1.99. The van der Waals surface area contributed by atoms with E-state index in [1.807, 2.05) is 19.9 Å². The number of carbonyl (C=O) groups excluding carboxylic acids is 1. The van der Waals surface area contributed by atoms with Gasteiger partial charge in [0.2, 0.25) is 5.91 Å². The number of nitrogens with zero attached hydrogens (tertiary/aromatic N) is 1. The van der Waals surface area contributed by atoms with Crippen LogP contribution in [0.3, 0.4) is 0 Å². The Hall–Kier alpha value is -1.04. The summed E-state index contributed by atoms with van der Waals surface area (Å²) in [4.78, 5) is 11.3. The van der Waals surface area contributed by atoms with E-state index in [4.69, 9.17) is 5.26 Å². The van der Waals surface area contributed by atoms with Crippen LogP contribution in [0, 0.1) is 17.2 Å². The Balaban J connectivity index is 2.42. The first-order valence-electron chi connectivity index (χ1n) is 4.33. The van der Waals surface area contributed by atoms with Crippen molar-refractivity contribution in [2.75, 3.05) is 0 Å². The molecule has 12 heavy (non-hydrogen) atoms. The average Bonchev–Trinajstić information content (AvgIpc) is 2.70. The molecule has 0 aromatic heterocycles. The molecule has 1 rings (SSSR count). The van der Waals surface area contributed by atoms with Crippen molar-refractivity contribution in [2.24, 2.45) is 5.92 Å². The molecule has 1 atom stereocenters. The second kappa shape index (κ2) is 3.14. The smallest absolute Gasteiger partial charge is 0.237 e. The van der Waals surface area contributed by atoms with Crippen molar-refractivity contribution in [3.8, 4) is 6.07 Å².